The summed E-state index contributed by atoms with van der Waals surface area (Å²) in [5.41, 5.74) is 3.16. The van der Waals surface area contributed by atoms with Gasteiger partial charge in [-0.25, -0.2) is 0 Å². The molecule has 5 nitrogen and oxygen atoms in total. The van der Waals surface area contributed by atoms with E-state index in [1.165, 1.54) is 0 Å². The third-order valence-electron chi connectivity index (χ3n) is 5.04. The van der Waals surface area contributed by atoms with Crippen molar-refractivity contribution in [1.29, 1.82) is 0 Å². The van der Waals surface area contributed by atoms with E-state index in [0.29, 0.717) is 0 Å². The zero-order valence-electron chi connectivity index (χ0n) is 16.6. The second-order valence-corrected chi connectivity index (χ2v) is 7.86. The van der Waals surface area contributed by atoms with Gasteiger partial charge in [0.25, 0.3) is 0 Å². The fourth-order valence-electron chi connectivity index (χ4n) is 3.66. The molecule has 2 rings (SSSR count). The van der Waals surface area contributed by atoms with Crippen molar-refractivity contribution in [2.45, 2.75) is 46.0 Å². The summed E-state index contributed by atoms with van der Waals surface area (Å²) in [5.74, 6) is 0.296. The normalized spacial score (nSPS) is 20.0. The maximum absolute atomic E-state index is 12.5. The Morgan fingerprint density at radius 1 is 0.962 bits per heavy atom. The third kappa shape index (κ3) is 6.45. The molecule has 0 aliphatic heterocycles. The van der Waals surface area contributed by atoms with Crippen LogP contribution in [0.4, 0.5) is 5.69 Å². The summed E-state index contributed by atoms with van der Waals surface area (Å²) in [4.78, 5) is 26.9. The van der Waals surface area contributed by atoms with Crippen LogP contribution in [0.2, 0.25) is 0 Å². The molecule has 1 aromatic rings. The van der Waals surface area contributed by atoms with Gasteiger partial charge in [-0.2, -0.15) is 0 Å². The molecule has 144 valence electrons. The van der Waals surface area contributed by atoms with Crippen molar-refractivity contribution in [3.8, 4) is 0 Å². The van der Waals surface area contributed by atoms with E-state index in [1.54, 1.807) is 0 Å². The Kier molecular flexibility index (Phi) is 7.64. The van der Waals surface area contributed by atoms with Gasteiger partial charge in [-0.05, 0) is 89.9 Å². The van der Waals surface area contributed by atoms with Gasteiger partial charge in [0, 0.05) is 24.1 Å². The molecule has 0 aromatic heterocycles. The van der Waals surface area contributed by atoms with E-state index in [9.17, 15) is 9.59 Å². The van der Waals surface area contributed by atoms with E-state index in [4.69, 9.17) is 0 Å². The average molecular weight is 360 g/mol. The van der Waals surface area contributed by atoms with Crippen LogP contribution in [0.3, 0.4) is 0 Å². The van der Waals surface area contributed by atoms with E-state index in [2.05, 4.69) is 21.6 Å². The highest BCUT2D eigenvalue weighted by atomic mass is 16.2. The minimum atomic E-state index is 0.00797. The molecule has 1 fully saturated rings. The van der Waals surface area contributed by atoms with Crippen molar-refractivity contribution in [3.05, 3.63) is 29.3 Å². The van der Waals surface area contributed by atoms with Gasteiger partial charge in [-0.15, -0.1) is 0 Å². The monoisotopic (exact) mass is 359 g/mol. The van der Waals surface area contributed by atoms with Gasteiger partial charge in [0.1, 0.15) is 0 Å². The molecule has 0 radical (unpaired) electrons. The Labute approximate surface area is 157 Å². The summed E-state index contributed by atoms with van der Waals surface area (Å²) in [5, 5.41) is 6.08. The van der Waals surface area contributed by atoms with Gasteiger partial charge in [0.05, 0.1) is 0 Å². The number of anilines is 1. The Morgan fingerprint density at radius 2 is 1.50 bits per heavy atom. The van der Waals surface area contributed by atoms with Gasteiger partial charge < -0.3 is 15.5 Å². The summed E-state index contributed by atoms with van der Waals surface area (Å²) >= 11 is 0. The molecule has 0 unspecified atom stereocenters. The molecular formula is C21H33N3O2. The van der Waals surface area contributed by atoms with E-state index < -0.39 is 0 Å². The number of carbonyl (C=O) groups is 2. The molecule has 26 heavy (non-hydrogen) atoms. The SMILES string of the molecule is Cc1cc(C)cc(NC(=O)C2CCC(C(=O)NCCCN(C)C)CC2)c1. The quantitative estimate of drug-likeness (QED) is 0.736. The summed E-state index contributed by atoms with van der Waals surface area (Å²) in [6.45, 7) is 5.77. The topological polar surface area (TPSA) is 61.4 Å². The maximum Gasteiger partial charge on any atom is 0.227 e. The standard InChI is InChI=1S/C21H33N3O2/c1-15-12-16(2)14-19(13-15)23-21(26)18-8-6-17(7-9-18)20(25)22-10-5-11-24(3)4/h12-14,17-18H,5-11H2,1-4H3,(H,22,25)(H,23,26). The number of carbonyl (C=O) groups excluding carboxylic acids is 2. The smallest absolute Gasteiger partial charge is 0.227 e. The first kappa shape index (κ1) is 20.4. The average Bonchev–Trinajstić information content (AvgIpc) is 2.57. The fraction of sp³-hybridized carbons (Fsp3) is 0.619. The minimum Gasteiger partial charge on any atom is -0.356 e. The summed E-state index contributed by atoms with van der Waals surface area (Å²) in [6, 6.07) is 6.09. The van der Waals surface area contributed by atoms with Crippen molar-refractivity contribution < 1.29 is 9.59 Å². The van der Waals surface area contributed by atoms with E-state index in [-0.39, 0.29) is 23.7 Å². The number of nitrogens with zero attached hydrogens (tertiary/aromatic N) is 1. The molecule has 0 atom stereocenters. The number of rotatable bonds is 7. The van der Waals surface area contributed by atoms with Gasteiger partial charge in [0.2, 0.25) is 11.8 Å². The minimum absolute atomic E-state index is 0.00797. The van der Waals surface area contributed by atoms with Crippen molar-refractivity contribution >= 4 is 17.5 Å². The third-order valence-corrected chi connectivity index (χ3v) is 5.04. The number of aryl methyl sites for hydroxylation is 2. The first-order valence-electron chi connectivity index (χ1n) is 9.66. The number of benzene rings is 1. The molecule has 5 heteroatoms. The van der Waals surface area contributed by atoms with Crippen LogP contribution >= 0.6 is 0 Å². The molecule has 2 amide bonds. The van der Waals surface area contributed by atoms with E-state index in [1.807, 2.05) is 40.1 Å². The highest BCUT2D eigenvalue weighted by Gasteiger charge is 2.29. The zero-order chi connectivity index (χ0) is 19.1. The summed E-state index contributed by atoms with van der Waals surface area (Å²) in [6.07, 6.45) is 4.13. The van der Waals surface area contributed by atoms with Crippen LogP contribution in [-0.4, -0.2) is 43.9 Å². The van der Waals surface area contributed by atoms with Crippen LogP contribution in [0.25, 0.3) is 0 Å². The lowest BCUT2D eigenvalue weighted by Crippen LogP contribution is -2.36. The Morgan fingerprint density at radius 3 is 2.04 bits per heavy atom. The van der Waals surface area contributed by atoms with Crippen LogP contribution in [0.15, 0.2) is 18.2 Å². The van der Waals surface area contributed by atoms with Gasteiger partial charge in [-0.1, -0.05) is 6.07 Å². The molecule has 0 saturated heterocycles. The van der Waals surface area contributed by atoms with Crippen LogP contribution in [0.5, 0.6) is 0 Å². The lowest BCUT2D eigenvalue weighted by Gasteiger charge is -2.27. The first-order chi connectivity index (χ1) is 12.3. The Bertz CT molecular complexity index is 599. The predicted octanol–water partition coefficient (Wildman–Crippen LogP) is 3.12. The highest BCUT2D eigenvalue weighted by Crippen LogP contribution is 2.30. The number of hydrogen-bond donors (Lipinski definition) is 2. The van der Waals surface area contributed by atoms with Crippen LogP contribution < -0.4 is 10.6 Å². The number of amides is 2. The largest absolute Gasteiger partial charge is 0.356 e. The van der Waals surface area contributed by atoms with Gasteiger partial charge in [0.15, 0.2) is 0 Å². The van der Waals surface area contributed by atoms with E-state index >= 15 is 0 Å². The molecule has 1 aliphatic rings. The second kappa shape index (κ2) is 9.72. The maximum atomic E-state index is 12.5. The molecule has 0 heterocycles. The summed E-state index contributed by atoms with van der Waals surface area (Å²) < 4.78 is 0. The Hall–Kier alpha value is -1.88. The predicted molar refractivity (Wildman–Crippen MR) is 106 cm³/mol. The summed E-state index contributed by atoms with van der Waals surface area (Å²) in [7, 11) is 4.07. The second-order valence-electron chi connectivity index (χ2n) is 7.86. The van der Waals surface area contributed by atoms with Crippen LogP contribution in [0, 0.1) is 25.7 Å². The molecular weight excluding hydrogens is 326 g/mol. The lowest BCUT2D eigenvalue weighted by molar-refractivity contribution is -0.128. The van der Waals surface area contributed by atoms with Crippen molar-refractivity contribution in [2.75, 3.05) is 32.5 Å². The molecule has 1 saturated carbocycles. The highest BCUT2D eigenvalue weighted by molar-refractivity contribution is 5.93. The lowest BCUT2D eigenvalue weighted by atomic mass is 9.81. The van der Waals surface area contributed by atoms with Crippen molar-refractivity contribution in [3.63, 3.8) is 0 Å². The van der Waals surface area contributed by atoms with E-state index in [0.717, 1.165) is 62.0 Å². The number of nitrogens with one attached hydrogen (secondary N) is 2. The van der Waals surface area contributed by atoms with Gasteiger partial charge >= 0.3 is 0 Å². The van der Waals surface area contributed by atoms with Crippen molar-refractivity contribution in [1.82, 2.24) is 10.2 Å². The van der Waals surface area contributed by atoms with Crippen LogP contribution in [0.1, 0.15) is 43.2 Å². The Balaban J connectivity index is 1.75. The van der Waals surface area contributed by atoms with Crippen molar-refractivity contribution in [2.24, 2.45) is 11.8 Å². The fourth-order valence-corrected chi connectivity index (χ4v) is 3.66. The first-order valence-corrected chi connectivity index (χ1v) is 9.66. The van der Waals surface area contributed by atoms with Gasteiger partial charge in [-0.3, -0.25) is 9.59 Å². The molecule has 0 spiro atoms. The molecule has 1 aliphatic carbocycles. The molecule has 0 bridgehead atoms. The van der Waals surface area contributed by atoms with Crippen LogP contribution in [-0.2, 0) is 9.59 Å². The molecule has 2 N–H and O–H groups in total. The zero-order valence-corrected chi connectivity index (χ0v) is 16.6. The molecule has 1 aromatic carbocycles. The number of hydrogen-bond acceptors (Lipinski definition) is 3.